The third-order valence-electron chi connectivity index (χ3n) is 3.34. The lowest BCUT2D eigenvalue weighted by atomic mass is 9.95. The maximum atomic E-state index is 11.4. The van der Waals surface area contributed by atoms with Gasteiger partial charge in [-0.15, -0.1) is 0 Å². The van der Waals surface area contributed by atoms with Gasteiger partial charge in [0.05, 0.1) is 6.61 Å². The maximum Gasteiger partial charge on any atom is 0.162 e. The van der Waals surface area contributed by atoms with Crippen molar-refractivity contribution >= 4 is 5.78 Å². The van der Waals surface area contributed by atoms with Crippen molar-refractivity contribution in [3.63, 3.8) is 0 Å². The molecule has 0 aliphatic heterocycles. The second-order valence-corrected chi connectivity index (χ2v) is 4.89. The Morgan fingerprint density at radius 1 is 1.19 bits per heavy atom. The lowest BCUT2D eigenvalue weighted by Gasteiger charge is -2.27. The molecule has 0 saturated heterocycles. The Morgan fingerprint density at radius 3 is 2.33 bits per heavy atom. The van der Waals surface area contributed by atoms with Crippen LogP contribution >= 0.6 is 0 Å². The fourth-order valence-electron chi connectivity index (χ4n) is 2.17. The number of methoxy groups -OCH3 is 2. The van der Waals surface area contributed by atoms with Crippen LogP contribution in [0.2, 0.25) is 0 Å². The number of aliphatic hydroxyl groups excluding tert-OH is 1. The number of aliphatic hydroxyl groups is 1. The standard InChI is InChI=1S/C16H24O5/c1-12(17)15(18)14(16(19-2)20-3)9-10-21-11-13-7-5-4-6-8-13/h4-8,14-16,18H,9-11H2,1-3H3/t14-,15-/m0/s1. The van der Waals surface area contributed by atoms with Gasteiger partial charge in [-0.3, -0.25) is 4.79 Å². The molecule has 0 amide bonds. The highest BCUT2D eigenvalue weighted by Crippen LogP contribution is 2.19. The molecule has 0 radical (unpaired) electrons. The summed E-state index contributed by atoms with van der Waals surface area (Å²) in [6.45, 7) is 2.26. The summed E-state index contributed by atoms with van der Waals surface area (Å²) in [5.74, 6) is -0.754. The molecule has 21 heavy (non-hydrogen) atoms. The van der Waals surface area contributed by atoms with Crippen molar-refractivity contribution in [1.82, 2.24) is 0 Å². The van der Waals surface area contributed by atoms with Crippen LogP contribution in [0.3, 0.4) is 0 Å². The van der Waals surface area contributed by atoms with Crippen molar-refractivity contribution < 1.29 is 24.1 Å². The van der Waals surface area contributed by atoms with Crippen LogP contribution < -0.4 is 0 Å². The van der Waals surface area contributed by atoms with Crippen LogP contribution in [0.5, 0.6) is 0 Å². The van der Waals surface area contributed by atoms with E-state index in [9.17, 15) is 9.90 Å². The average molecular weight is 296 g/mol. The number of benzene rings is 1. The number of carbonyl (C=O) groups excluding carboxylic acids is 1. The van der Waals surface area contributed by atoms with Crippen LogP contribution in [0.1, 0.15) is 18.9 Å². The van der Waals surface area contributed by atoms with Crippen molar-refractivity contribution in [1.29, 1.82) is 0 Å². The molecule has 0 saturated carbocycles. The third-order valence-corrected chi connectivity index (χ3v) is 3.34. The largest absolute Gasteiger partial charge is 0.385 e. The van der Waals surface area contributed by atoms with Gasteiger partial charge in [-0.05, 0) is 18.9 Å². The van der Waals surface area contributed by atoms with E-state index < -0.39 is 18.3 Å². The highest BCUT2D eigenvalue weighted by atomic mass is 16.7. The van der Waals surface area contributed by atoms with Crippen molar-refractivity contribution in [3.8, 4) is 0 Å². The molecular formula is C16H24O5. The summed E-state index contributed by atoms with van der Waals surface area (Å²) in [5.41, 5.74) is 1.08. The highest BCUT2D eigenvalue weighted by Gasteiger charge is 2.31. The average Bonchev–Trinajstić information content (AvgIpc) is 2.50. The second-order valence-electron chi connectivity index (χ2n) is 4.89. The van der Waals surface area contributed by atoms with Gasteiger partial charge in [-0.1, -0.05) is 30.3 Å². The molecule has 0 unspecified atom stereocenters. The summed E-state index contributed by atoms with van der Waals surface area (Å²) >= 11 is 0. The number of carbonyl (C=O) groups is 1. The van der Waals surface area contributed by atoms with Gasteiger partial charge in [-0.25, -0.2) is 0 Å². The van der Waals surface area contributed by atoms with E-state index >= 15 is 0 Å². The summed E-state index contributed by atoms with van der Waals surface area (Å²) < 4.78 is 15.9. The first kappa shape index (κ1) is 17.8. The molecule has 1 N–H and O–H groups in total. The zero-order chi connectivity index (χ0) is 15.7. The summed E-state index contributed by atoms with van der Waals surface area (Å²) in [5, 5.41) is 9.97. The molecule has 0 spiro atoms. The number of hydrogen-bond donors (Lipinski definition) is 1. The van der Waals surface area contributed by atoms with Crippen molar-refractivity contribution in [2.75, 3.05) is 20.8 Å². The maximum absolute atomic E-state index is 11.4. The zero-order valence-electron chi connectivity index (χ0n) is 12.8. The number of hydrogen-bond acceptors (Lipinski definition) is 5. The van der Waals surface area contributed by atoms with Gasteiger partial charge < -0.3 is 19.3 Å². The summed E-state index contributed by atoms with van der Waals surface area (Å²) in [6, 6.07) is 9.81. The van der Waals surface area contributed by atoms with E-state index in [1.807, 2.05) is 30.3 Å². The molecule has 5 heteroatoms. The van der Waals surface area contributed by atoms with Crippen molar-refractivity contribution in [2.45, 2.75) is 32.3 Å². The molecule has 0 aliphatic rings. The van der Waals surface area contributed by atoms with Crippen LogP contribution in [-0.2, 0) is 25.6 Å². The first-order chi connectivity index (χ1) is 10.1. The number of ether oxygens (including phenoxy) is 3. The Morgan fingerprint density at radius 2 is 1.81 bits per heavy atom. The molecule has 5 nitrogen and oxygen atoms in total. The molecule has 0 fully saturated rings. The molecule has 0 aliphatic carbocycles. The van der Waals surface area contributed by atoms with Gasteiger partial charge >= 0.3 is 0 Å². The van der Waals surface area contributed by atoms with E-state index in [0.717, 1.165) is 5.56 Å². The van der Waals surface area contributed by atoms with Gasteiger partial charge in [0.25, 0.3) is 0 Å². The molecule has 2 atom stereocenters. The Balaban J connectivity index is 2.47. The van der Waals surface area contributed by atoms with Crippen LogP contribution in [0.15, 0.2) is 30.3 Å². The summed E-state index contributed by atoms with van der Waals surface area (Å²) in [4.78, 5) is 11.4. The number of ketones is 1. The fraction of sp³-hybridized carbons (Fsp3) is 0.562. The van der Waals surface area contributed by atoms with E-state index in [0.29, 0.717) is 19.6 Å². The van der Waals surface area contributed by atoms with Gasteiger partial charge in [0.15, 0.2) is 12.1 Å². The minimum absolute atomic E-state index is 0.304. The van der Waals surface area contributed by atoms with Gasteiger partial charge in [0, 0.05) is 26.7 Å². The Bertz CT molecular complexity index is 402. The Hall–Kier alpha value is -1.27. The van der Waals surface area contributed by atoms with Gasteiger partial charge in [0.2, 0.25) is 0 Å². The molecule has 0 aromatic heterocycles. The van der Waals surface area contributed by atoms with Crippen molar-refractivity contribution in [3.05, 3.63) is 35.9 Å². The lowest BCUT2D eigenvalue weighted by molar-refractivity contribution is -0.171. The topological polar surface area (TPSA) is 65.0 Å². The number of Topliss-reactive ketones (excluding diaryl/α,β-unsaturated/α-hetero) is 1. The van der Waals surface area contributed by atoms with E-state index in [2.05, 4.69) is 0 Å². The minimum Gasteiger partial charge on any atom is -0.385 e. The van der Waals surface area contributed by atoms with Crippen LogP contribution in [-0.4, -0.2) is 44.1 Å². The summed E-state index contributed by atoms with van der Waals surface area (Å²) in [7, 11) is 2.97. The van der Waals surface area contributed by atoms with Crippen LogP contribution in [0.4, 0.5) is 0 Å². The predicted molar refractivity (Wildman–Crippen MR) is 78.7 cm³/mol. The fourth-order valence-corrected chi connectivity index (χ4v) is 2.17. The molecule has 0 bridgehead atoms. The Labute approximate surface area is 125 Å². The minimum atomic E-state index is -1.12. The van der Waals surface area contributed by atoms with E-state index in [1.165, 1.54) is 21.1 Å². The van der Waals surface area contributed by atoms with Crippen molar-refractivity contribution in [2.24, 2.45) is 5.92 Å². The lowest BCUT2D eigenvalue weighted by Crippen LogP contribution is -2.39. The van der Waals surface area contributed by atoms with Crippen LogP contribution in [0.25, 0.3) is 0 Å². The normalized spacial score (nSPS) is 14.1. The molecule has 0 heterocycles. The SMILES string of the molecule is COC(OC)[C@@H](CCOCc1ccccc1)[C@@H](O)C(C)=O. The second kappa shape index (κ2) is 9.63. The van der Waals surface area contributed by atoms with Crippen LogP contribution in [0, 0.1) is 5.92 Å². The monoisotopic (exact) mass is 296 g/mol. The smallest absolute Gasteiger partial charge is 0.162 e. The van der Waals surface area contributed by atoms with Gasteiger partial charge in [-0.2, -0.15) is 0 Å². The zero-order valence-corrected chi connectivity index (χ0v) is 12.8. The first-order valence-corrected chi connectivity index (χ1v) is 6.96. The van der Waals surface area contributed by atoms with Gasteiger partial charge in [0.1, 0.15) is 6.10 Å². The molecule has 1 rings (SSSR count). The van der Waals surface area contributed by atoms with E-state index in [1.54, 1.807) is 0 Å². The number of rotatable bonds is 10. The first-order valence-electron chi connectivity index (χ1n) is 6.96. The quantitative estimate of drug-likeness (QED) is 0.526. The molecular weight excluding hydrogens is 272 g/mol. The molecule has 118 valence electrons. The molecule has 1 aromatic carbocycles. The molecule has 1 aromatic rings. The predicted octanol–water partition coefficient (Wildman–Crippen LogP) is 1.78. The summed E-state index contributed by atoms with van der Waals surface area (Å²) in [6.07, 6.45) is -1.28. The van der Waals surface area contributed by atoms with E-state index in [4.69, 9.17) is 14.2 Å². The Kier molecular flexibility index (Phi) is 8.15. The third kappa shape index (κ3) is 5.93. The highest BCUT2D eigenvalue weighted by molar-refractivity contribution is 5.80. The van der Waals surface area contributed by atoms with E-state index in [-0.39, 0.29) is 5.78 Å².